The Bertz CT molecular complexity index is 355. The molecule has 1 aromatic heterocycles. The largest absolute Gasteiger partial charge is 0.369 e. The summed E-state index contributed by atoms with van der Waals surface area (Å²) in [5.74, 6) is 5.86. The molecule has 90 valence electrons. The van der Waals surface area contributed by atoms with Gasteiger partial charge in [-0.15, -0.1) is 0 Å². The fourth-order valence-electron chi connectivity index (χ4n) is 1.03. The second-order valence-corrected chi connectivity index (χ2v) is 4.58. The molecule has 0 fully saturated rings. The van der Waals surface area contributed by atoms with E-state index in [0.29, 0.717) is 23.1 Å². The third-order valence-corrected chi connectivity index (χ3v) is 2.86. The van der Waals surface area contributed by atoms with Gasteiger partial charge in [0.2, 0.25) is 0 Å². The van der Waals surface area contributed by atoms with Gasteiger partial charge in [-0.2, -0.15) is 0 Å². The number of hydrogen-bond acceptors (Lipinski definition) is 4. The predicted molar refractivity (Wildman–Crippen MR) is 66.2 cm³/mol. The zero-order valence-electron chi connectivity index (χ0n) is 9.88. The van der Waals surface area contributed by atoms with Gasteiger partial charge >= 0.3 is 0 Å². The monoisotopic (exact) mass is 243 g/mol. The number of hydrazine groups is 1. The Balaban J connectivity index is 2.73. The van der Waals surface area contributed by atoms with Gasteiger partial charge in [-0.3, -0.25) is 0 Å². The lowest BCUT2D eigenvalue weighted by Gasteiger charge is -2.23. The van der Waals surface area contributed by atoms with Crippen LogP contribution in [0.3, 0.4) is 0 Å². The van der Waals surface area contributed by atoms with Crippen LogP contribution in [-0.4, -0.2) is 10.6 Å². The Morgan fingerprint density at radius 1 is 1.50 bits per heavy atom. The highest BCUT2D eigenvalue weighted by Crippen LogP contribution is 2.21. The second kappa shape index (κ2) is 5.48. The van der Waals surface area contributed by atoms with Crippen LogP contribution in [0.5, 0.6) is 0 Å². The molecule has 0 spiro atoms. The molecule has 0 aliphatic rings. The van der Waals surface area contributed by atoms with Crippen molar-refractivity contribution in [2.24, 2.45) is 5.84 Å². The number of aromatic nitrogens is 1. The molecule has 0 radical (unpaired) electrons. The minimum Gasteiger partial charge on any atom is -0.369 e. The van der Waals surface area contributed by atoms with Crippen molar-refractivity contribution in [3.63, 3.8) is 0 Å². The van der Waals surface area contributed by atoms with E-state index in [2.05, 4.69) is 17.3 Å². The standard InChI is InChI=1S/C11H18ClN3O/c1-4-11(2,3)16-7-9-8(12)5-6-10(14-9)15-13/h5-6H,4,7,13H2,1-3H3,(H,14,15). The highest BCUT2D eigenvalue weighted by Gasteiger charge is 2.16. The highest BCUT2D eigenvalue weighted by atomic mass is 35.5. The average Bonchev–Trinajstić information content (AvgIpc) is 2.28. The van der Waals surface area contributed by atoms with Crippen LogP contribution >= 0.6 is 11.6 Å². The zero-order valence-corrected chi connectivity index (χ0v) is 10.6. The summed E-state index contributed by atoms with van der Waals surface area (Å²) < 4.78 is 5.73. The molecule has 0 aromatic carbocycles. The normalized spacial score (nSPS) is 11.6. The van der Waals surface area contributed by atoms with E-state index in [1.54, 1.807) is 12.1 Å². The fourth-order valence-corrected chi connectivity index (χ4v) is 1.19. The summed E-state index contributed by atoms with van der Waals surface area (Å²) in [6, 6.07) is 3.47. The van der Waals surface area contributed by atoms with E-state index in [9.17, 15) is 0 Å². The van der Waals surface area contributed by atoms with Crippen LogP contribution in [0.1, 0.15) is 32.9 Å². The van der Waals surface area contributed by atoms with E-state index < -0.39 is 0 Å². The highest BCUT2D eigenvalue weighted by molar-refractivity contribution is 6.31. The number of hydrogen-bond donors (Lipinski definition) is 2. The van der Waals surface area contributed by atoms with Crippen LogP contribution in [0.2, 0.25) is 5.02 Å². The van der Waals surface area contributed by atoms with Gasteiger partial charge in [-0.25, -0.2) is 10.8 Å². The number of rotatable bonds is 5. The zero-order chi connectivity index (χ0) is 12.2. The van der Waals surface area contributed by atoms with Crippen molar-refractivity contribution < 1.29 is 4.74 Å². The van der Waals surface area contributed by atoms with Crippen molar-refractivity contribution in [2.45, 2.75) is 39.4 Å². The number of nitrogens with zero attached hydrogens (tertiary/aromatic N) is 1. The van der Waals surface area contributed by atoms with Gasteiger partial charge in [0, 0.05) is 0 Å². The van der Waals surface area contributed by atoms with E-state index >= 15 is 0 Å². The summed E-state index contributed by atoms with van der Waals surface area (Å²) in [6.45, 7) is 6.53. The summed E-state index contributed by atoms with van der Waals surface area (Å²) in [4.78, 5) is 4.24. The third kappa shape index (κ3) is 3.63. The Morgan fingerprint density at radius 2 is 2.19 bits per heavy atom. The molecule has 0 unspecified atom stereocenters. The van der Waals surface area contributed by atoms with E-state index in [1.807, 2.05) is 13.8 Å². The van der Waals surface area contributed by atoms with Gasteiger partial charge in [0.25, 0.3) is 0 Å². The minimum atomic E-state index is -0.169. The first-order valence-electron chi connectivity index (χ1n) is 5.24. The number of halogens is 1. The van der Waals surface area contributed by atoms with Crippen molar-refractivity contribution in [2.75, 3.05) is 5.43 Å². The van der Waals surface area contributed by atoms with Crippen molar-refractivity contribution in [1.29, 1.82) is 0 Å². The van der Waals surface area contributed by atoms with Crippen molar-refractivity contribution in [3.05, 3.63) is 22.8 Å². The smallest absolute Gasteiger partial charge is 0.140 e. The summed E-state index contributed by atoms with van der Waals surface area (Å²) in [6.07, 6.45) is 0.930. The molecule has 1 heterocycles. The first-order valence-corrected chi connectivity index (χ1v) is 5.62. The van der Waals surface area contributed by atoms with Crippen LogP contribution in [0.15, 0.2) is 12.1 Å². The van der Waals surface area contributed by atoms with E-state index in [1.165, 1.54) is 0 Å². The number of anilines is 1. The molecule has 0 aliphatic carbocycles. The van der Waals surface area contributed by atoms with Crippen LogP contribution in [0, 0.1) is 0 Å². The van der Waals surface area contributed by atoms with E-state index in [0.717, 1.165) is 6.42 Å². The van der Waals surface area contributed by atoms with Gasteiger partial charge in [0.1, 0.15) is 5.82 Å². The first-order chi connectivity index (χ1) is 7.48. The maximum Gasteiger partial charge on any atom is 0.140 e. The molecule has 1 aromatic rings. The summed E-state index contributed by atoms with van der Waals surface area (Å²) >= 11 is 6.01. The summed E-state index contributed by atoms with van der Waals surface area (Å²) in [5, 5.41) is 0.589. The summed E-state index contributed by atoms with van der Waals surface area (Å²) in [7, 11) is 0. The SMILES string of the molecule is CCC(C)(C)OCc1nc(NN)ccc1Cl. The van der Waals surface area contributed by atoms with Gasteiger partial charge in [0.05, 0.1) is 22.9 Å². The number of nitrogen functional groups attached to an aromatic ring is 1. The van der Waals surface area contributed by atoms with Gasteiger partial charge in [0.15, 0.2) is 0 Å². The molecule has 3 N–H and O–H groups in total. The van der Waals surface area contributed by atoms with Crippen LogP contribution in [0.25, 0.3) is 0 Å². The number of nitrogens with one attached hydrogen (secondary N) is 1. The number of pyridine rings is 1. The molecule has 16 heavy (non-hydrogen) atoms. The maximum atomic E-state index is 6.01. The maximum absolute atomic E-state index is 6.01. The van der Waals surface area contributed by atoms with Crippen LogP contribution in [-0.2, 0) is 11.3 Å². The topological polar surface area (TPSA) is 60.2 Å². The van der Waals surface area contributed by atoms with Gasteiger partial charge in [-0.05, 0) is 32.4 Å². The van der Waals surface area contributed by atoms with E-state index in [4.69, 9.17) is 22.2 Å². The van der Waals surface area contributed by atoms with Crippen molar-refractivity contribution in [3.8, 4) is 0 Å². The lowest BCUT2D eigenvalue weighted by atomic mass is 10.1. The summed E-state index contributed by atoms with van der Waals surface area (Å²) in [5.41, 5.74) is 3.00. The molecule has 0 bridgehead atoms. The lowest BCUT2D eigenvalue weighted by Crippen LogP contribution is -2.23. The molecular formula is C11H18ClN3O. The Kier molecular flexibility index (Phi) is 4.53. The molecule has 0 saturated carbocycles. The van der Waals surface area contributed by atoms with Crippen molar-refractivity contribution >= 4 is 17.4 Å². The quantitative estimate of drug-likeness (QED) is 0.617. The van der Waals surface area contributed by atoms with Gasteiger partial charge < -0.3 is 10.2 Å². The Hall–Kier alpha value is -0.840. The third-order valence-electron chi connectivity index (χ3n) is 2.52. The predicted octanol–water partition coefficient (Wildman–Crippen LogP) is 2.73. The van der Waals surface area contributed by atoms with Crippen LogP contribution < -0.4 is 11.3 Å². The number of nitrogens with two attached hydrogens (primary N) is 1. The van der Waals surface area contributed by atoms with Crippen LogP contribution in [0.4, 0.5) is 5.82 Å². The molecule has 0 saturated heterocycles. The van der Waals surface area contributed by atoms with Gasteiger partial charge in [-0.1, -0.05) is 18.5 Å². The molecule has 4 nitrogen and oxygen atoms in total. The molecule has 0 amide bonds. The molecular weight excluding hydrogens is 226 g/mol. The van der Waals surface area contributed by atoms with E-state index in [-0.39, 0.29) is 5.60 Å². The molecule has 1 rings (SSSR count). The molecule has 0 atom stereocenters. The fraction of sp³-hybridized carbons (Fsp3) is 0.545. The Labute approximate surface area is 101 Å². The second-order valence-electron chi connectivity index (χ2n) is 4.17. The van der Waals surface area contributed by atoms with Crippen molar-refractivity contribution in [1.82, 2.24) is 4.98 Å². The molecule has 0 aliphatic heterocycles. The average molecular weight is 244 g/mol. The minimum absolute atomic E-state index is 0.169. The molecule has 5 heteroatoms. The lowest BCUT2D eigenvalue weighted by molar-refractivity contribution is -0.0329. The first kappa shape index (κ1) is 13.2. The number of ether oxygens (including phenoxy) is 1. The Morgan fingerprint density at radius 3 is 2.75 bits per heavy atom.